The number of carbonyl (C=O) groups is 1. The van der Waals surface area contributed by atoms with Crippen LogP contribution in [0.5, 0.6) is 0 Å². The van der Waals surface area contributed by atoms with Crippen LogP contribution in [0.25, 0.3) is 0 Å². The van der Waals surface area contributed by atoms with E-state index >= 15 is 0 Å². The van der Waals surface area contributed by atoms with Crippen molar-refractivity contribution in [1.82, 2.24) is 4.31 Å². The lowest BCUT2D eigenvalue weighted by atomic mass is 9.90. The molecule has 0 radical (unpaired) electrons. The third kappa shape index (κ3) is 4.74. The fourth-order valence-corrected chi connectivity index (χ4v) is 6.80. The van der Waals surface area contributed by atoms with E-state index < -0.39 is 21.9 Å². The number of aliphatic carboxylic acids is 1. The summed E-state index contributed by atoms with van der Waals surface area (Å²) in [7, 11) is -3.84. The minimum Gasteiger partial charge on any atom is -0.481 e. The average molecular weight is 448 g/mol. The van der Waals surface area contributed by atoms with Crippen LogP contribution < -0.4 is 0 Å². The summed E-state index contributed by atoms with van der Waals surface area (Å²) in [5, 5.41) is 9.68. The van der Waals surface area contributed by atoms with Gasteiger partial charge in [-0.05, 0) is 48.8 Å². The topological polar surface area (TPSA) is 74.7 Å². The summed E-state index contributed by atoms with van der Waals surface area (Å²) in [5.74, 6) is -0.883. The first-order valence-corrected chi connectivity index (χ1v) is 12.8. The Labute approximate surface area is 183 Å². The third-order valence-electron chi connectivity index (χ3n) is 5.73. The van der Waals surface area contributed by atoms with Crippen LogP contribution in [-0.2, 0) is 21.2 Å². The minimum atomic E-state index is -3.84. The lowest BCUT2D eigenvalue weighted by Crippen LogP contribution is -2.49. The monoisotopic (exact) mass is 447 g/mol. The second kappa shape index (κ2) is 9.54. The molecular formula is C23H29NO4S2. The Hall–Kier alpha value is -1.83. The maximum atomic E-state index is 13.6. The van der Waals surface area contributed by atoms with Crippen molar-refractivity contribution in [3.63, 3.8) is 0 Å². The molecule has 1 heterocycles. The number of carboxylic acids is 1. The first-order chi connectivity index (χ1) is 14.3. The molecule has 0 amide bonds. The van der Waals surface area contributed by atoms with E-state index in [1.807, 2.05) is 38.1 Å². The zero-order valence-corrected chi connectivity index (χ0v) is 19.2. The van der Waals surface area contributed by atoms with Gasteiger partial charge in [0.25, 0.3) is 0 Å². The standard InChI is InChI=1S/C23H29NO4S2/c1-4-17-8-10-18(11-9-17)21-14-22(29-5-2)20(23(25)26)15-24(21)30(27,28)19-12-6-16(3)7-13-19/h6-13,20-22H,4-5,14-15H2,1-3H3,(H,25,26)/t20-,21+,22-/m1/s1. The Kier molecular flexibility index (Phi) is 7.26. The van der Waals surface area contributed by atoms with Crippen molar-refractivity contribution in [2.75, 3.05) is 12.3 Å². The molecule has 1 aliphatic heterocycles. The molecule has 3 atom stereocenters. The molecule has 7 heteroatoms. The van der Waals surface area contributed by atoms with E-state index in [1.54, 1.807) is 36.0 Å². The molecule has 0 bridgehead atoms. The van der Waals surface area contributed by atoms with Crippen LogP contribution in [0, 0.1) is 12.8 Å². The van der Waals surface area contributed by atoms with Crippen molar-refractivity contribution < 1.29 is 18.3 Å². The summed E-state index contributed by atoms with van der Waals surface area (Å²) >= 11 is 1.60. The summed E-state index contributed by atoms with van der Waals surface area (Å²) in [6.45, 7) is 5.96. The van der Waals surface area contributed by atoms with E-state index in [9.17, 15) is 18.3 Å². The highest BCUT2D eigenvalue weighted by molar-refractivity contribution is 7.99. The molecule has 0 aliphatic carbocycles. The van der Waals surface area contributed by atoms with Gasteiger partial charge in [0.1, 0.15) is 0 Å². The van der Waals surface area contributed by atoms with Crippen molar-refractivity contribution >= 4 is 27.8 Å². The maximum Gasteiger partial charge on any atom is 0.308 e. The second-order valence-electron chi connectivity index (χ2n) is 7.67. The van der Waals surface area contributed by atoms with Gasteiger partial charge in [0.05, 0.1) is 16.9 Å². The van der Waals surface area contributed by atoms with Crippen molar-refractivity contribution in [3.05, 3.63) is 65.2 Å². The van der Waals surface area contributed by atoms with Crippen LogP contribution in [0.4, 0.5) is 0 Å². The molecule has 1 fully saturated rings. The van der Waals surface area contributed by atoms with E-state index in [4.69, 9.17) is 0 Å². The zero-order valence-electron chi connectivity index (χ0n) is 17.6. The van der Waals surface area contributed by atoms with Gasteiger partial charge in [-0.15, -0.1) is 0 Å². The quantitative estimate of drug-likeness (QED) is 0.676. The highest BCUT2D eigenvalue weighted by Crippen LogP contribution is 2.42. The van der Waals surface area contributed by atoms with Crippen LogP contribution in [0.1, 0.15) is 43.0 Å². The van der Waals surface area contributed by atoms with Gasteiger partial charge in [-0.2, -0.15) is 16.1 Å². The molecule has 2 aromatic carbocycles. The number of nitrogens with zero attached hydrogens (tertiary/aromatic N) is 1. The smallest absolute Gasteiger partial charge is 0.308 e. The van der Waals surface area contributed by atoms with Gasteiger partial charge >= 0.3 is 5.97 Å². The fourth-order valence-electron chi connectivity index (χ4n) is 3.97. The number of piperidine rings is 1. The van der Waals surface area contributed by atoms with Gasteiger partial charge in [-0.25, -0.2) is 8.42 Å². The molecule has 0 spiro atoms. The number of carboxylic acid groups (broad SMARTS) is 1. The van der Waals surface area contributed by atoms with Gasteiger partial charge in [-0.3, -0.25) is 4.79 Å². The molecule has 1 aliphatic rings. The number of rotatable bonds is 7. The van der Waals surface area contributed by atoms with Crippen molar-refractivity contribution in [1.29, 1.82) is 0 Å². The molecule has 0 saturated carbocycles. The molecule has 1 N–H and O–H groups in total. The predicted octanol–water partition coefficient (Wildman–Crippen LogP) is 4.52. The number of benzene rings is 2. The Balaban J connectivity index is 2.06. The van der Waals surface area contributed by atoms with Gasteiger partial charge in [0.15, 0.2) is 0 Å². The van der Waals surface area contributed by atoms with Gasteiger partial charge in [-0.1, -0.05) is 55.8 Å². The highest BCUT2D eigenvalue weighted by atomic mass is 32.2. The first kappa shape index (κ1) is 22.8. The van der Waals surface area contributed by atoms with E-state index in [-0.39, 0.29) is 22.7 Å². The molecule has 30 heavy (non-hydrogen) atoms. The first-order valence-electron chi connectivity index (χ1n) is 10.3. The van der Waals surface area contributed by atoms with Gasteiger partial charge in [0.2, 0.25) is 10.0 Å². The van der Waals surface area contributed by atoms with E-state index in [0.717, 1.165) is 23.3 Å². The molecule has 1 saturated heterocycles. The van der Waals surface area contributed by atoms with Crippen molar-refractivity contribution in [2.45, 2.75) is 49.8 Å². The molecule has 5 nitrogen and oxygen atoms in total. The minimum absolute atomic E-state index is 0.0244. The van der Waals surface area contributed by atoms with Crippen molar-refractivity contribution in [2.24, 2.45) is 5.92 Å². The Morgan fingerprint density at radius 3 is 2.27 bits per heavy atom. The molecule has 3 rings (SSSR count). The zero-order chi connectivity index (χ0) is 21.9. The predicted molar refractivity (Wildman–Crippen MR) is 121 cm³/mol. The molecule has 162 valence electrons. The SMILES string of the molecule is CCS[C@@H]1C[C@@H](c2ccc(CC)cc2)N(S(=O)(=O)c2ccc(C)cc2)C[C@H]1C(=O)O. The molecular weight excluding hydrogens is 418 g/mol. The normalized spacial score (nSPS) is 22.7. The van der Waals surface area contributed by atoms with Gasteiger partial charge < -0.3 is 5.11 Å². The summed E-state index contributed by atoms with van der Waals surface area (Å²) in [5.41, 5.74) is 3.07. The lowest BCUT2D eigenvalue weighted by Gasteiger charge is -2.41. The van der Waals surface area contributed by atoms with E-state index in [1.165, 1.54) is 9.87 Å². The number of hydrogen-bond acceptors (Lipinski definition) is 4. The highest BCUT2D eigenvalue weighted by Gasteiger charge is 2.45. The van der Waals surface area contributed by atoms with Crippen LogP contribution in [0.15, 0.2) is 53.4 Å². The number of hydrogen-bond donors (Lipinski definition) is 1. The summed E-state index contributed by atoms with van der Waals surface area (Å²) in [4.78, 5) is 12.2. The van der Waals surface area contributed by atoms with E-state index in [0.29, 0.717) is 6.42 Å². The van der Waals surface area contributed by atoms with Crippen LogP contribution in [0.3, 0.4) is 0 Å². The average Bonchev–Trinajstić information content (AvgIpc) is 2.73. The van der Waals surface area contributed by atoms with Crippen molar-refractivity contribution in [3.8, 4) is 0 Å². The molecule has 0 unspecified atom stereocenters. The lowest BCUT2D eigenvalue weighted by molar-refractivity contribution is -0.143. The fraction of sp³-hybridized carbons (Fsp3) is 0.435. The van der Waals surface area contributed by atoms with E-state index in [2.05, 4.69) is 6.92 Å². The molecule has 2 aromatic rings. The Morgan fingerprint density at radius 1 is 1.10 bits per heavy atom. The van der Waals surface area contributed by atoms with Crippen LogP contribution in [-0.4, -0.2) is 41.3 Å². The number of aryl methyl sites for hydroxylation is 2. The second-order valence-corrected chi connectivity index (χ2v) is 11.1. The van der Waals surface area contributed by atoms with Crippen LogP contribution in [0.2, 0.25) is 0 Å². The molecule has 0 aromatic heterocycles. The summed E-state index contributed by atoms with van der Waals surface area (Å²) < 4.78 is 28.5. The Bertz CT molecular complexity index is 971. The number of sulfonamides is 1. The number of thioether (sulfide) groups is 1. The largest absolute Gasteiger partial charge is 0.481 e. The van der Waals surface area contributed by atoms with Gasteiger partial charge in [0, 0.05) is 11.8 Å². The Morgan fingerprint density at radius 2 is 1.73 bits per heavy atom. The third-order valence-corrected chi connectivity index (χ3v) is 8.90. The van der Waals surface area contributed by atoms with Crippen LogP contribution >= 0.6 is 11.8 Å². The maximum absolute atomic E-state index is 13.6. The summed E-state index contributed by atoms with van der Waals surface area (Å²) in [6.07, 6.45) is 1.39. The summed E-state index contributed by atoms with van der Waals surface area (Å²) in [6, 6.07) is 14.4.